The first-order valence-corrected chi connectivity index (χ1v) is 44.7. The Morgan fingerprint density at radius 2 is 0.662 bits per heavy atom. The van der Waals surface area contributed by atoms with Crippen molar-refractivity contribution in [1.29, 1.82) is 0 Å². The molecule has 1 aliphatic rings. The van der Waals surface area contributed by atoms with Gasteiger partial charge in [0.25, 0.3) is 0 Å². The zero-order chi connectivity index (χ0) is 94.9. The third-order valence-corrected chi connectivity index (χ3v) is 23.1. The number of aromatic amines is 6. The molecular formula is C109H83ClN22O7. The molecule has 0 saturated carbocycles. The van der Waals surface area contributed by atoms with E-state index in [9.17, 15) is 28.8 Å². The van der Waals surface area contributed by atoms with Gasteiger partial charge in [0.2, 0.25) is 5.91 Å². The highest BCUT2D eigenvalue weighted by atomic mass is 35.5. The molecular weight excluding hydrogens is 1760 g/mol. The molecule has 0 fully saturated rings. The van der Waals surface area contributed by atoms with Gasteiger partial charge in [-0.25, -0.2) is 49.8 Å². The molecule has 11 aromatic heterocycles. The lowest BCUT2D eigenvalue weighted by Crippen LogP contribution is -2.09. The van der Waals surface area contributed by atoms with Crippen LogP contribution in [0.25, 0.3) is 66.1 Å². The highest BCUT2D eigenvalue weighted by Crippen LogP contribution is 2.39. The van der Waals surface area contributed by atoms with Crippen LogP contribution < -0.4 is 36.6 Å². The van der Waals surface area contributed by atoms with Crippen molar-refractivity contribution in [2.24, 2.45) is 0 Å². The van der Waals surface area contributed by atoms with Crippen LogP contribution >= 0.6 is 11.6 Å². The summed E-state index contributed by atoms with van der Waals surface area (Å²) >= 11 is 6.04. The van der Waals surface area contributed by atoms with Gasteiger partial charge in [-0.2, -0.15) is 0 Å². The number of anilines is 11. The SMILES string of the molecule is CCC(=O)Nc1cccc(Nc2ncnc3[nH]cc(C(=O)c4ccccc4)c23)c1.O=C(c1ccccc1)c1c[nH]c2ncnc(Nc3ccc4c(c3)CCC4)c12.O=C(c1ccccc1)c1c[nH]c2ncnc(Nc3ccc4cc[nH]c4c3)c12.O=C(c1ccccc1)c1c[nH]c2ncnc(Nc3cccc(Cl)c3)c12.O=C(c1ccccc1)c1c[nH]c2ncnc(Nc3ccccc3Oc3ccccc3)c12. The van der Waals surface area contributed by atoms with E-state index in [1.807, 2.05) is 225 Å². The third-order valence-electron chi connectivity index (χ3n) is 22.9. The summed E-state index contributed by atoms with van der Waals surface area (Å²) in [6, 6.07) is 92.0. The summed E-state index contributed by atoms with van der Waals surface area (Å²) < 4.78 is 6.04. The molecule has 0 aliphatic heterocycles. The van der Waals surface area contributed by atoms with Gasteiger partial charge in [0, 0.05) is 110 Å². The van der Waals surface area contributed by atoms with Crippen molar-refractivity contribution in [3.8, 4) is 11.5 Å². The molecule has 139 heavy (non-hydrogen) atoms. The lowest BCUT2D eigenvalue weighted by Gasteiger charge is -2.13. The van der Waals surface area contributed by atoms with Crippen LogP contribution in [0.1, 0.15) is 110 Å². The Morgan fingerprint density at radius 3 is 1.07 bits per heavy atom. The number of hydrogen-bond donors (Lipinski definition) is 12. The van der Waals surface area contributed by atoms with E-state index in [0.717, 1.165) is 57.9 Å². The van der Waals surface area contributed by atoms with Crippen LogP contribution in [0, 0.1) is 0 Å². The largest absolute Gasteiger partial charge is 0.455 e. The summed E-state index contributed by atoms with van der Waals surface area (Å²) in [5, 5.41) is 24.3. The standard InChI is InChI=1S/C25H18N4O2.C22H19N5O2.C22H18N4O.C21H15N5O.C19H13ClN4O/c30-23(17-9-3-1-4-10-17)19-15-26-24-22(19)25(28-16-27-24)29-20-13-7-8-14-21(20)31-18-11-5-2-6-12-18;1-2-18(28)26-15-9-6-10-16(11-15)27-22-19-17(12-23-21(19)24-13-25-22)20(29)14-7-4-3-5-8-14;27-20(15-5-2-1-3-6-15)18-12-23-21-19(18)22(25-13-24-21)26-17-10-9-14-7-4-8-16(14)11-17;27-19(14-4-2-1-3-5-14)16-11-23-20-18(16)21(25-12-24-20)26-15-7-6-13-8-9-22-17(13)10-15;20-13-7-4-8-14(9-13)24-19-16-15(10-21-18(16)22-11-23-19)17(25)12-5-2-1-3-6-12/h1-16H,(H2,26,27,28,29);3-13H,2H2,1H3,(H,26,28)(H2,23,24,25,27);1-3,5-6,9-13H,4,7-8H2,(H2,23,24,25,26);1-12,22H,(H2,23,24,25,26);1-11H,(H2,21,22,23,24). The number of carbonyl (C=O) groups is 6. The van der Waals surface area contributed by atoms with Crippen LogP contribution in [0.5, 0.6) is 11.5 Å². The van der Waals surface area contributed by atoms with Crippen LogP contribution in [-0.2, 0) is 17.6 Å². The molecule has 0 spiro atoms. The number of para-hydroxylation sites is 3. The number of H-pyrrole nitrogens is 6. The number of aryl methyl sites for hydroxylation is 2. The number of nitrogens with one attached hydrogen (secondary N) is 12. The lowest BCUT2D eigenvalue weighted by molar-refractivity contribution is -0.115. The molecule has 0 unspecified atom stereocenters. The zero-order valence-corrected chi connectivity index (χ0v) is 74.9. The van der Waals surface area contributed by atoms with Crippen LogP contribution in [-0.4, -0.2) is 115 Å². The molecule has 11 aromatic carbocycles. The fourth-order valence-electron chi connectivity index (χ4n) is 16.1. The highest BCUT2D eigenvalue weighted by molar-refractivity contribution is 6.31. The van der Waals surface area contributed by atoms with E-state index in [1.165, 1.54) is 49.2 Å². The zero-order valence-electron chi connectivity index (χ0n) is 74.2. The number of halogens is 1. The van der Waals surface area contributed by atoms with Gasteiger partial charge >= 0.3 is 0 Å². The number of ether oxygens (including phenoxy) is 1. The van der Waals surface area contributed by atoms with Gasteiger partial charge in [-0.15, -0.1) is 0 Å². The van der Waals surface area contributed by atoms with Gasteiger partial charge in [-0.3, -0.25) is 28.8 Å². The molecule has 0 radical (unpaired) electrons. The van der Waals surface area contributed by atoms with E-state index in [1.54, 1.807) is 98.6 Å². The van der Waals surface area contributed by atoms with Crippen LogP contribution in [0.4, 0.5) is 63.2 Å². The molecule has 1 aliphatic carbocycles. The minimum absolute atomic E-state index is 0.0475. The maximum atomic E-state index is 13.1. The van der Waals surface area contributed by atoms with E-state index >= 15 is 0 Å². The Hall–Kier alpha value is -19.0. The van der Waals surface area contributed by atoms with E-state index in [-0.39, 0.29) is 34.8 Å². The fraction of sp³-hybridized carbons (Fsp3) is 0.0459. The van der Waals surface area contributed by atoms with Crippen molar-refractivity contribution in [1.82, 2.24) is 79.7 Å². The smallest absolute Gasteiger partial charge is 0.224 e. The van der Waals surface area contributed by atoms with Crippen LogP contribution in [0.15, 0.2) is 366 Å². The minimum Gasteiger partial charge on any atom is -0.455 e. The number of carbonyl (C=O) groups excluding carboxylic acids is 6. The van der Waals surface area contributed by atoms with Crippen molar-refractivity contribution in [3.05, 3.63) is 438 Å². The maximum absolute atomic E-state index is 13.1. The van der Waals surface area contributed by atoms with Crippen LogP contribution in [0.3, 0.4) is 0 Å². The van der Waals surface area contributed by atoms with E-state index in [0.29, 0.717) is 163 Å². The Balaban J connectivity index is 0.000000111. The summed E-state index contributed by atoms with van der Waals surface area (Å²) in [6.07, 6.45) is 21.5. The Labute approximate surface area is 798 Å². The molecule has 0 bridgehead atoms. The first-order valence-electron chi connectivity index (χ1n) is 44.4. The molecule has 30 heteroatoms. The third kappa shape index (κ3) is 20.3. The molecule has 1 amide bonds. The Morgan fingerprint density at radius 1 is 0.317 bits per heavy atom. The molecule has 678 valence electrons. The van der Waals surface area contributed by atoms with Gasteiger partial charge in [-0.05, 0) is 127 Å². The normalized spacial score (nSPS) is 11.2. The summed E-state index contributed by atoms with van der Waals surface area (Å²) in [4.78, 5) is 138. The molecule has 22 aromatic rings. The van der Waals surface area contributed by atoms with E-state index in [4.69, 9.17) is 16.3 Å². The van der Waals surface area contributed by atoms with E-state index in [2.05, 4.69) is 130 Å². The second-order valence-corrected chi connectivity index (χ2v) is 32.3. The summed E-state index contributed by atoms with van der Waals surface area (Å²) in [5.74, 6) is 3.70. The highest BCUT2D eigenvalue weighted by Gasteiger charge is 2.26. The van der Waals surface area contributed by atoms with Crippen LogP contribution in [0.2, 0.25) is 5.02 Å². The summed E-state index contributed by atoms with van der Waals surface area (Å²) in [7, 11) is 0. The number of ketones is 5. The molecule has 12 N–H and O–H groups in total. The molecule has 0 atom stereocenters. The van der Waals surface area contributed by atoms with Gasteiger partial charge < -0.3 is 66.5 Å². The first kappa shape index (κ1) is 89.2. The van der Waals surface area contributed by atoms with Crippen molar-refractivity contribution >= 4 is 176 Å². The molecule has 11 heterocycles. The monoisotopic (exact) mass is 1850 g/mol. The predicted molar refractivity (Wildman–Crippen MR) is 542 cm³/mol. The van der Waals surface area contributed by atoms with Crippen molar-refractivity contribution in [3.63, 3.8) is 0 Å². The maximum Gasteiger partial charge on any atom is 0.224 e. The summed E-state index contributed by atoms with van der Waals surface area (Å²) in [6.45, 7) is 1.80. The van der Waals surface area contributed by atoms with Crippen molar-refractivity contribution in [2.75, 3.05) is 31.9 Å². The quantitative estimate of drug-likeness (QED) is 0.0250. The van der Waals surface area contributed by atoms with E-state index < -0.39 is 0 Å². The molecule has 29 nitrogen and oxygen atoms in total. The first-order chi connectivity index (χ1) is 68.3. The van der Waals surface area contributed by atoms with Crippen molar-refractivity contribution < 1.29 is 33.5 Å². The van der Waals surface area contributed by atoms with Gasteiger partial charge in [-0.1, -0.05) is 225 Å². The van der Waals surface area contributed by atoms with Crippen molar-refractivity contribution in [2.45, 2.75) is 32.6 Å². The molecule has 23 rings (SSSR count). The number of amides is 1. The number of hydrogen-bond acceptors (Lipinski definition) is 22. The second-order valence-electron chi connectivity index (χ2n) is 31.9. The number of benzene rings is 11. The molecule has 0 saturated heterocycles. The number of nitrogens with zero attached hydrogens (tertiary/aromatic N) is 10. The number of aromatic nitrogens is 16. The average Bonchev–Trinajstić information content (AvgIpc) is 1.66. The number of rotatable bonds is 24. The topological polar surface area (TPSA) is 407 Å². The predicted octanol–water partition coefficient (Wildman–Crippen LogP) is 23.4. The minimum atomic E-state index is -0.112. The second kappa shape index (κ2) is 41.4. The fourth-order valence-corrected chi connectivity index (χ4v) is 16.3. The van der Waals surface area contributed by atoms with Gasteiger partial charge in [0.15, 0.2) is 34.7 Å². The van der Waals surface area contributed by atoms with Gasteiger partial charge in [0.1, 0.15) is 94.7 Å². The number of fused-ring (bicyclic) bond motifs is 7. The van der Waals surface area contributed by atoms with Gasteiger partial charge in [0.05, 0.1) is 60.4 Å². The Bertz CT molecular complexity index is 8240. The summed E-state index contributed by atoms with van der Waals surface area (Å²) in [5.41, 5.74) is 17.3. The average molecular weight is 1850 g/mol. The Kier molecular flexibility index (Phi) is 26.6. The lowest BCUT2D eigenvalue weighted by atomic mass is 10.0.